The number of rotatable bonds is 8. The van der Waals surface area contributed by atoms with Crippen LogP contribution in [-0.2, 0) is 16.5 Å². The van der Waals surface area contributed by atoms with Crippen molar-refractivity contribution < 1.29 is 34.9 Å². The number of fused-ring (bicyclic) bond motifs is 1. The van der Waals surface area contributed by atoms with E-state index >= 15 is 0 Å². The van der Waals surface area contributed by atoms with Crippen molar-refractivity contribution in [1.29, 1.82) is 0 Å². The molecule has 0 saturated carbocycles. The molecule has 0 amide bonds. The van der Waals surface area contributed by atoms with Crippen LogP contribution in [0.4, 0.5) is 17.6 Å². The van der Waals surface area contributed by atoms with E-state index in [2.05, 4.69) is 15.2 Å². The minimum absolute atomic E-state index is 0.0599. The van der Waals surface area contributed by atoms with Crippen LogP contribution in [-0.4, -0.2) is 51.2 Å². The average Bonchev–Trinajstić information content (AvgIpc) is 3.14. The van der Waals surface area contributed by atoms with Gasteiger partial charge in [0.1, 0.15) is 17.6 Å². The Labute approximate surface area is 202 Å². The van der Waals surface area contributed by atoms with E-state index in [1.807, 2.05) is 24.3 Å². The van der Waals surface area contributed by atoms with E-state index in [-0.39, 0.29) is 18.5 Å². The number of ether oxygens (including phenoxy) is 1. The zero-order chi connectivity index (χ0) is 25.1. The Balaban J connectivity index is 1.48. The first-order valence-corrected chi connectivity index (χ1v) is 13.0. The van der Waals surface area contributed by atoms with Crippen molar-refractivity contribution >= 4 is 15.7 Å². The van der Waals surface area contributed by atoms with Gasteiger partial charge in [-0.2, -0.15) is 21.6 Å². The molecule has 1 saturated heterocycles. The van der Waals surface area contributed by atoms with Gasteiger partial charge in [-0.25, -0.2) is 0 Å². The molecule has 35 heavy (non-hydrogen) atoms. The fraction of sp³-hybridized carbons (Fsp3) is 0.440. The third-order valence-corrected chi connectivity index (χ3v) is 7.14. The topological polar surface area (TPSA) is 55.8 Å². The van der Waals surface area contributed by atoms with Crippen LogP contribution in [0.1, 0.15) is 42.4 Å². The predicted molar refractivity (Wildman–Crippen MR) is 125 cm³/mol. The summed E-state index contributed by atoms with van der Waals surface area (Å²) in [5, 5.41) is 0. The van der Waals surface area contributed by atoms with Crippen molar-refractivity contribution in [2.24, 2.45) is 0 Å². The molecule has 0 spiro atoms. The molecule has 1 fully saturated rings. The highest BCUT2D eigenvalue weighted by Gasteiger charge is 2.48. The van der Waals surface area contributed by atoms with Crippen LogP contribution in [0.3, 0.4) is 0 Å². The summed E-state index contributed by atoms with van der Waals surface area (Å²) in [5.74, 6) is 0.379. The van der Waals surface area contributed by atoms with Gasteiger partial charge >= 0.3 is 15.6 Å². The first-order valence-electron chi connectivity index (χ1n) is 11.6. The van der Waals surface area contributed by atoms with Crippen molar-refractivity contribution in [2.45, 2.75) is 43.7 Å². The van der Waals surface area contributed by atoms with Crippen LogP contribution in [0, 0.1) is 0 Å². The largest absolute Gasteiger partial charge is 0.534 e. The smallest absolute Gasteiger partial charge is 0.489 e. The van der Waals surface area contributed by atoms with Gasteiger partial charge in [0.25, 0.3) is 0 Å². The number of hydrogen-bond acceptors (Lipinski definition) is 5. The van der Waals surface area contributed by atoms with Gasteiger partial charge in [0.05, 0.1) is 6.67 Å². The van der Waals surface area contributed by atoms with Gasteiger partial charge in [-0.15, -0.1) is 0 Å². The van der Waals surface area contributed by atoms with E-state index in [4.69, 9.17) is 4.74 Å². The molecule has 5 nitrogen and oxygen atoms in total. The summed E-state index contributed by atoms with van der Waals surface area (Å²) >= 11 is 0. The Kier molecular flexibility index (Phi) is 7.70. The monoisotopic (exact) mass is 513 g/mol. The van der Waals surface area contributed by atoms with Crippen LogP contribution in [0.2, 0.25) is 0 Å². The molecular formula is C25H27F4NO4S. The second-order valence-electron chi connectivity index (χ2n) is 8.71. The second kappa shape index (κ2) is 10.6. The standard InChI is InChI=1S/C25H27F4NO4S/c26-13-3-14-30-15-12-22(17-30)33-20-8-6-18(7-9-20)23-5-2-1-4-19-16-21(10-11-24(19)23)34-35(31,32)25(27,28)29/h5-11,16,22H,1-4,12-15,17H2. The Bertz CT molecular complexity index is 1160. The van der Waals surface area contributed by atoms with Crippen molar-refractivity contribution in [3.8, 4) is 11.5 Å². The molecule has 1 atom stereocenters. The summed E-state index contributed by atoms with van der Waals surface area (Å²) in [4.78, 5) is 2.20. The third kappa shape index (κ3) is 6.16. The lowest BCUT2D eigenvalue weighted by Gasteiger charge is -2.17. The zero-order valence-electron chi connectivity index (χ0n) is 19.1. The van der Waals surface area contributed by atoms with E-state index in [1.165, 1.54) is 12.1 Å². The molecule has 4 rings (SSSR count). The first kappa shape index (κ1) is 25.5. The fourth-order valence-corrected chi connectivity index (χ4v) is 4.92. The molecule has 0 radical (unpaired) electrons. The summed E-state index contributed by atoms with van der Waals surface area (Å²) in [6.45, 7) is 2.08. The van der Waals surface area contributed by atoms with Crippen LogP contribution in [0.15, 0.2) is 48.5 Å². The molecule has 1 heterocycles. The summed E-state index contributed by atoms with van der Waals surface area (Å²) in [7, 11) is -5.72. The number of nitrogens with zero attached hydrogens (tertiary/aromatic N) is 1. The fourth-order valence-electron chi connectivity index (χ4n) is 4.47. The van der Waals surface area contributed by atoms with Crippen LogP contribution in [0.5, 0.6) is 11.5 Å². The number of allylic oxidation sites excluding steroid dienone is 1. The van der Waals surface area contributed by atoms with Crippen molar-refractivity contribution in [3.63, 3.8) is 0 Å². The quantitative estimate of drug-likeness (QED) is 0.265. The molecule has 0 bridgehead atoms. The molecule has 2 aliphatic rings. The molecule has 2 aromatic rings. The van der Waals surface area contributed by atoms with Gasteiger partial charge in [-0.05, 0) is 78.6 Å². The minimum Gasteiger partial charge on any atom is -0.489 e. The lowest BCUT2D eigenvalue weighted by Crippen LogP contribution is -2.28. The first-order chi connectivity index (χ1) is 16.7. The molecule has 2 aromatic carbocycles. The molecule has 190 valence electrons. The molecule has 1 aliphatic carbocycles. The van der Waals surface area contributed by atoms with Crippen LogP contribution in [0.25, 0.3) is 5.57 Å². The molecule has 0 aromatic heterocycles. The SMILES string of the molecule is O=S(=O)(Oc1ccc2c(c1)CCCC=C2c1ccc(OC2CCN(CCCF)C2)cc1)C(F)(F)F. The predicted octanol–water partition coefficient (Wildman–Crippen LogP) is 5.50. The van der Waals surface area contributed by atoms with E-state index < -0.39 is 15.6 Å². The molecule has 1 aliphatic heterocycles. The zero-order valence-corrected chi connectivity index (χ0v) is 19.9. The second-order valence-corrected chi connectivity index (χ2v) is 10.2. The molecule has 0 N–H and O–H groups in total. The summed E-state index contributed by atoms with van der Waals surface area (Å²) in [5.41, 5.74) is -2.09. The van der Waals surface area contributed by atoms with E-state index in [9.17, 15) is 26.0 Å². The maximum absolute atomic E-state index is 12.7. The van der Waals surface area contributed by atoms with E-state index in [0.717, 1.165) is 66.9 Å². The van der Waals surface area contributed by atoms with Crippen LogP contribution < -0.4 is 8.92 Å². The summed E-state index contributed by atoms with van der Waals surface area (Å²) in [6.07, 6.45) is 5.69. The normalized spacial score (nSPS) is 19.1. The van der Waals surface area contributed by atoms with Crippen molar-refractivity contribution in [2.75, 3.05) is 26.3 Å². The highest BCUT2D eigenvalue weighted by Crippen LogP contribution is 2.35. The maximum Gasteiger partial charge on any atom is 0.534 e. The van der Waals surface area contributed by atoms with Gasteiger partial charge in [0.2, 0.25) is 0 Å². The number of alkyl halides is 4. The van der Waals surface area contributed by atoms with Gasteiger partial charge in [0, 0.05) is 19.6 Å². The van der Waals surface area contributed by atoms with E-state index in [0.29, 0.717) is 12.8 Å². The molecule has 1 unspecified atom stereocenters. The third-order valence-electron chi connectivity index (χ3n) is 6.16. The van der Waals surface area contributed by atoms with Gasteiger partial charge < -0.3 is 8.92 Å². The number of likely N-dealkylation sites (tertiary alicyclic amines) is 1. The number of hydrogen-bond donors (Lipinski definition) is 0. The number of aryl methyl sites for hydroxylation is 1. The highest BCUT2D eigenvalue weighted by molar-refractivity contribution is 7.88. The number of benzene rings is 2. The Morgan fingerprint density at radius 3 is 2.51 bits per heavy atom. The molecular weight excluding hydrogens is 486 g/mol. The van der Waals surface area contributed by atoms with Crippen LogP contribution >= 0.6 is 0 Å². The Morgan fingerprint density at radius 1 is 1.06 bits per heavy atom. The van der Waals surface area contributed by atoms with Gasteiger partial charge in [-0.3, -0.25) is 9.29 Å². The van der Waals surface area contributed by atoms with Gasteiger partial charge in [-0.1, -0.05) is 24.3 Å². The average molecular weight is 514 g/mol. The Hall–Kier alpha value is -2.59. The van der Waals surface area contributed by atoms with Crippen molar-refractivity contribution in [1.82, 2.24) is 4.90 Å². The minimum atomic E-state index is -5.72. The summed E-state index contributed by atoms with van der Waals surface area (Å²) < 4.78 is 83.6. The lowest BCUT2D eigenvalue weighted by atomic mass is 9.93. The Morgan fingerprint density at radius 2 is 1.80 bits per heavy atom. The lowest BCUT2D eigenvalue weighted by molar-refractivity contribution is -0.0500. The van der Waals surface area contributed by atoms with Crippen molar-refractivity contribution in [3.05, 3.63) is 65.2 Å². The molecule has 10 heteroatoms. The summed E-state index contributed by atoms with van der Waals surface area (Å²) in [6, 6.07) is 11.9. The van der Waals surface area contributed by atoms with E-state index in [1.54, 1.807) is 6.07 Å². The maximum atomic E-state index is 12.7. The highest BCUT2D eigenvalue weighted by atomic mass is 32.2. The van der Waals surface area contributed by atoms with Gasteiger partial charge in [0.15, 0.2) is 0 Å². The number of halogens is 4.